The molecule has 0 aliphatic carbocycles. The topological polar surface area (TPSA) is 76.7 Å². The summed E-state index contributed by atoms with van der Waals surface area (Å²) in [6, 6.07) is 13.1. The maximum atomic E-state index is 11.1. The molecule has 6 nitrogen and oxygen atoms in total. The minimum absolute atomic E-state index is 0.462. The average molecular weight is 252 g/mol. The fourth-order valence-corrected chi connectivity index (χ4v) is 2.13. The van der Waals surface area contributed by atoms with Crippen molar-refractivity contribution in [1.82, 2.24) is 20.0 Å². The fourth-order valence-electron chi connectivity index (χ4n) is 2.13. The Morgan fingerprint density at radius 3 is 3.00 bits per heavy atom. The second kappa shape index (κ2) is 3.55. The molecule has 2 aromatic carbocycles. The summed E-state index contributed by atoms with van der Waals surface area (Å²) < 4.78 is 6.76. The van der Waals surface area contributed by atoms with Crippen molar-refractivity contribution < 1.29 is 4.42 Å². The third-order valence-corrected chi connectivity index (χ3v) is 3.00. The number of rotatable bonds is 1. The lowest BCUT2D eigenvalue weighted by atomic mass is 10.2. The van der Waals surface area contributed by atoms with E-state index in [1.807, 2.05) is 30.3 Å². The van der Waals surface area contributed by atoms with Crippen LogP contribution in [0.1, 0.15) is 0 Å². The van der Waals surface area contributed by atoms with Crippen LogP contribution in [-0.4, -0.2) is 20.0 Å². The maximum Gasteiger partial charge on any atom is 0.417 e. The normalized spacial score (nSPS) is 11.4. The van der Waals surface area contributed by atoms with Crippen LogP contribution in [0.3, 0.4) is 0 Å². The molecule has 0 aliphatic rings. The van der Waals surface area contributed by atoms with E-state index in [1.165, 1.54) is 0 Å². The average Bonchev–Trinajstić information content (AvgIpc) is 2.99. The van der Waals surface area contributed by atoms with Crippen LogP contribution < -0.4 is 5.76 Å². The molecular weight excluding hydrogens is 244 g/mol. The van der Waals surface area contributed by atoms with Crippen LogP contribution in [0.5, 0.6) is 0 Å². The van der Waals surface area contributed by atoms with Crippen molar-refractivity contribution in [3.05, 3.63) is 53.0 Å². The van der Waals surface area contributed by atoms with E-state index in [0.717, 1.165) is 16.7 Å². The number of nitrogens with one attached hydrogen (secondary N) is 1. The van der Waals surface area contributed by atoms with Crippen LogP contribution in [0.15, 0.2) is 51.7 Å². The van der Waals surface area contributed by atoms with Gasteiger partial charge < -0.3 is 4.42 Å². The monoisotopic (exact) mass is 252 g/mol. The summed E-state index contributed by atoms with van der Waals surface area (Å²) in [4.78, 5) is 13.7. The number of fused-ring (bicyclic) bond motifs is 2. The van der Waals surface area contributed by atoms with Gasteiger partial charge in [-0.25, -0.2) is 9.48 Å². The summed E-state index contributed by atoms with van der Waals surface area (Å²) in [7, 11) is 0. The highest BCUT2D eigenvalue weighted by Gasteiger charge is 2.08. The molecule has 0 saturated carbocycles. The lowest BCUT2D eigenvalue weighted by molar-refractivity contribution is 0.555. The molecule has 0 aliphatic heterocycles. The summed E-state index contributed by atoms with van der Waals surface area (Å²) in [6.07, 6.45) is 0. The molecule has 0 saturated heterocycles. The second-order valence-corrected chi connectivity index (χ2v) is 4.18. The van der Waals surface area contributed by atoms with E-state index in [1.54, 1.807) is 16.8 Å². The van der Waals surface area contributed by atoms with E-state index in [4.69, 9.17) is 4.42 Å². The highest BCUT2D eigenvalue weighted by Crippen LogP contribution is 2.19. The van der Waals surface area contributed by atoms with Gasteiger partial charge in [0.25, 0.3) is 0 Å². The van der Waals surface area contributed by atoms with Gasteiger partial charge in [0, 0.05) is 6.07 Å². The van der Waals surface area contributed by atoms with Gasteiger partial charge in [-0.15, -0.1) is 5.10 Å². The standard InChI is InChI=1S/C13H8N4O2/c18-13-14-10-6-5-8(7-12(10)19-13)17-11-4-2-1-3-9(11)15-16-17/h1-7H,(H,14,18). The molecule has 4 rings (SSSR count). The van der Waals surface area contributed by atoms with Crippen molar-refractivity contribution in [2.24, 2.45) is 0 Å². The highest BCUT2D eigenvalue weighted by atomic mass is 16.4. The van der Waals surface area contributed by atoms with Crippen LogP contribution in [0.4, 0.5) is 0 Å². The van der Waals surface area contributed by atoms with Crippen LogP contribution >= 0.6 is 0 Å². The smallest absolute Gasteiger partial charge is 0.408 e. The van der Waals surface area contributed by atoms with Gasteiger partial charge in [0.1, 0.15) is 5.52 Å². The zero-order valence-electron chi connectivity index (χ0n) is 9.70. The molecule has 0 radical (unpaired) electrons. The van der Waals surface area contributed by atoms with E-state index in [0.29, 0.717) is 11.1 Å². The molecule has 0 atom stereocenters. The molecule has 2 heterocycles. The van der Waals surface area contributed by atoms with Crippen molar-refractivity contribution in [3.8, 4) is 5.69 Å². The minimum atomic E-state index is -0.462. The summed E-state index contributed by atoms with van der Waals surface area (Å²) in [6.45, 7) is 0. The summed E-state index contributed by atoms with van der Waals surface area (Å²) >= 11 is 0. The molecule has 0 fully saturated rings. The van der Waals surface area contributed by atoms with Gasteiger partial charge in [-0.3, -0.25) is 4.98 Å². The number of hydrogen-bond donors (Lipinski definition) is 1. The lowest BCUT2D eigenvalue weighted by Gasteiger charge is -2.01. The van der Waals surface area contributed by atoms with Crippen LogP contribution in [-0.2, 0) is 0 Å². The molecule has 92 valence electrons. The van der Waals surface area contributed by atoms with Crippen LogP contribution in [0, 0.1) is 0 Å². The van der Waals surface area contributed by atoms with Gasteiger partial charge in [0.15, 0.2) is 5.58 Å². The summed E-state index contributed by atoms with van der Waals surface area (Å²) in [5.41, 5.74) is 3.68. The molecule has 1 N–H and O–H groups in total. The Morgan fingerprint density at radius 1 is 1.16 bits per heavy atom. The molecular formula is C13H8N4O2. The number of hydrogen-bond acceptors (Lipinski definition) is 4. The number of aromatic nitrogens is 4. The summed E-state index contributed by atoms with van der Waals surface area (Å²) in [5, 5.41) is 8.21. The van der Waals surface area contributed by atoms with Gasteiger partial charge in [0.05, 0.1) is 16.7 Å². The molecule has 0 spiro atoms. The Hall–Kier alpha value is -2.89. The molecule has 0 bridgehead atoms. The van der Waals surface area contributed by atoms with Gasteiger partial charge in [-0.1, -0.05) is 17.3 Å². The quantitative estimate of drug-likeness (QED) is 0.561. The number of oxazole rings is 1. The number of nitrogens with zero attached hydrogens (tertiary/aromatic N) is 3. The Balaban J connectivity index is 2.00. The minimum Gasteiger partial charge on any atom is -0.408 e. The van der Waals surface area contributed by atoms with Crippen molar-refractivity contribution in [3.63, 3.8) is 0 Å². The van der Waals surface area contributed by atoms with Crippen molar-refractivity contribution in [2.75, 3.05) is 0 Å². The number of H-pyrrole nitrogens is 1. The van der Waals surface area contributed by atoms with E-state index in [-0.39, 0.29) is 0 Å². The maximum absolute atomic E-state index is 11.1. The van der Waals surface area contributed by atoms with Crippen LogP contribution in [0.2, 0.25) is 0 Å². The second-order valence-electron chi connectivity index (χ2n) is 4.18. The predicted molar refractivity (Wildman–Crippen MR) is 69.3 cm³/mol. The number of aromatic amines is 1. The Bertz CT molecular complexity index is 948. The Labute approximate surface area is 106 Å². The molecule has 4 aromatic rings. The fraction of sp³-hybridized carbons (Fsp3) is 0. The van der Waals surface area contributed by atoms with E-state index in [9.17, 15) is 4.79 Å². The van der Waals surface area contributed by atoms with Crippen molar-refractivity contribution in [2.45, 2.75) is 0 Å². The van der Waals surface area contributed by atoms with Crippen molar-refractivity contribution >= 4 is 22.1 Å². The van der Waals surface area contributed by atoms with E-state index >= 15 is 0 Å². The first-order valence-electron chi connectivity index (χ1n) is 5.75. The first-order valence-corrected chi connectivity index (χ1v) is 5.75. The van der Waals surface area contributed by atoms with Gasteiger partial charge in [-0.2, -0.15) is 0 Å². The van der Waals surface area contributed by atoms with E-state index in [2.05, 4.69) is 15.3 Å². The zero-order chi connectivity index (χ0) is 12.8. The first-order chi connectivity index (χ1) is 9.31. The van der Waals surface area contributed by atoms with Gasteiger partial charge in [0.2, 0.25) is 0 Å². The first kappa shape index (κ1) is 10.1. The van der Waals surface area contributed by atoms with E-state index < -0.39 is 5.76 Å². The number of benzene rings is 2. The molecule has 2 aromatic heterocycles. The Kier molecular flexibility index (Phi) is 1.88. The lowest BCUT2D eigenvalue weighted by Crippen LogP contribution is -1.95. The zero-order valence-corrected chi connectivity index (χ0v) is 9.70. The largest absolute Gasteiger partial charge is 0.417 e. The summed E-state index contributed by atoms with van der Waals surface area (Å²) in [5.74, 6) is -0.462. The predicted octanol–water partition coefficient (Wildman–Crippen LogP) is 1.85. The van der Waals surface area contributed by atoms with Gasteiger partial charge >= 0.3 is 5.76 Å². The third kappa shape index (κ3) is 1.46. The molecule has 0 amide bonds. The highest BCUT2D eigenvalue weighted by molar-refractivity contribution is 5.79. The molecule has 0 unspecified atom stereocenters. The van der Waals surface area contributed by atoms with Crippen molar-refractivity contribution in [1.29, 1.82) is 0 Å². The third-order valence-electron chi connectivity index (χ3n) is 3.00. The molecule has 6 heteroatoms. The SMILES string of the molecule is O=c1[nH]c2ccc(-n3nnc4ccccc43)cc2o1. The van der Waals surface area contributed by atoms with Gasteiger partial charge in [-0.05, 0) is 24.3 Å². The Morgan fingerprint density at radius 2 is 2.05 bits per heavy atom. The number of para-hydroxylation sites is 1. The van der Waals surface area contributed by atoms with Crippen LogP contribution in [0.25, 0.3) is 27.8 Å². The molecule has 19 heavy (non-hydrogen) atoms.